The van der Waals surface area contributed by atoms with E-state index in [1.807, 2.05) is 32.0 Å². The third-order valence-electron chi connectivity index (χ3n) is 4.45. The summed E-state index contributed by atoms with van der Waals surface area (Å²) in [7, 11) is 0. The second kappa shape index (κ2) is 7.14. The molecule has 0 atom stereocenters. The van der Waals surface area contributed by atoms with E-state index in [0.29, 0.717) is 17.5 Å². The standard InChI is InChI=1S/C22H19F3/c1-14-6-7-17(8-15(14)2)9-18-12-21(24)20(22(25)13-18)11-16-4-3-5-19(23)10-16/h3-8,10,12-13H,9,11H2,1-2H3. The zero-order chi connectivity index (χ0) is 18.0. The van der Waals surface area contributed by atoms with E-state index in [0.717, 1.165) is 11.1 Å². The molecule has 0 spiro atoms. The minimum atomic E-state index is -0.594. The topological polar surface area (TPSA) is 0 Å². The molecule has 0 aliphatic heterocycles. The lowest BCUT2D eigenvalue weighted by atomic mass is 9.97. The van der Waals surface area contributed by atoms with Gasteiger partial charge in [0.05, 0.1) is 0 Å². The minimum absolute atomic E-state index is 0.0271. The summed E-state index contributed by atoms with van der Waals surface area (Å²) in [5.41, 5.74) is 4.45. The van der Waals surface area contributed by atoms with Crippen molar-refractivity contribution in [2.24, 2.45) is 0 Å². The summed E-state index contributed by atoms with van der Waals surface area (Å²) >= 11 is 0. The van der Waals surface area contributed by atoms with E-state index in [1.54, 1.807) is 6.07 Å². The highest BCUT2D eigenvalue weighted by Crippen LogP contribution is 2.22. The van der Waals surface area contributed by atoms with Gasteiger partial charge in [0.2, 0.25) is 0 Å². The van der Waals surface area contributed by atoms with Crippen LogP contribution in [-0.2, 0) is 12.8 Å². The van der Waals surface area contributed by atoms with Crippen LogP contribution in [0.25, 0.3) is 0 Å². The van der Waals surface area contributed by atoms with Gasteiger partial charge in [-0.25, -0.2) is 13.2 Å². The third kappa shape index (κ3) is 4.11. The summed E-state index contributed by atoms with van der Waals surface area (Å²) in [5, 5.41) is 0. The SMILES string of the molecule is Cc1ccc(Cc2cc(F)c(Cc3cccc(F)c3)c(F)c2)cc1C. The predicted octanol–water partition coefficient (Wildman–Crippen LogP) is 5.90. The maximum absolute atomic E-state index is 14.4. The fourth-order valence-corrected chi connectivity index (χ4v) is 2.93. The molecule has 0 amide bonds. The van der Waals surface area contributed by atoms with Crippen LogP contribution in [0.3, 0.4) is 0 Å². The van der Waals surface area contributed by atoms with E-state index < -0.39 is 17.5 Å². The molecule has 0 N–H and O–H groups in total. The highest BCUT2D eigenvalue weighted by atomic mass is 19.1. The van der Waals surface area contributed by atoms with Crippen LogP contribution in [0.4, 0.5) is 13.2 Å². The summed E-state index contributed by atoms with van der Waals surface area (Å²) in [6.45, 7) is 4.04. The van der Waals surface area contributed by atoms with Crippen molar-refractivity contribution in [1.82, 2.24) is 0 Å². The first-order valence-electron chi connectivity index (χ1n) is 8.20. The van der Waals surface area contributed by atoms with Gasteiger partial charge in [-0.05, 0) is 72.4 Å². The third-order valence-corrected chi connectivity index (χ3v) is 4.45. The van der Waals surface area contributed by atoms with Crippen molar-refractivity contribution in [2.45, 2.75) is 26.7 Å². The van der Waals surface area contributed by atoms with E-state index in [9.17, 15) is 13.2 Å². The predicted molar refractivity (Wildman–Crippen MR) is 94.3 cm³/mol. The summed E-state index contributed by atoms with van der Waals surface area (Å²) in [5.74, 6) is -1.60. The van der Waals surface area contributed by atoms with Gasteiger partial charge in [-0.1, -0.05) is 30.3 Å². The van der Waals surface area contributed by atoms with Crippen LogP contribution in [0.5, 0.6) is 0 Å². The van der Waals surface area contributed by atoms with Crippen molar-refractivity contribution in [2.75, 3.05) is 0 Å². The summed E-state index contributed by atoms with van der Waals surface area (Å²) in [6.07, 6.45) is 0.495. The van der Waals surface area contributed by atoms with E-state index >= 15 is 0 Å². The van der Waals surface area contributed by atoms with Gasteiger partial charge in [-0.15, -0.1) is 0 Å². The molecule has 0 radical (unpaired) electrons. The van der Waals surface area contributed by atoms with Gasteiger partial charge in [0.25, 0.3) is 0 Å². The summed E-state index contributed by atoms with van der Waals surface area (Å²) < 4.78 is 42.1. The van der Waals surface area contributed by atoms with Crippen LogP contribution in [0.15, 0.2) is 54.6 Å². The molecule has 0 heterocycles. The van der Waals surface area contributed by atoms with Gasteiger partial charge in [0.1, 0.15) is 17.5 Å². The molecule has 0 saturated carbocycles. The Hall–Kier alpha value is -2.55. The van der Waals surface area contributed by atoms with Crippen LogP contribution >= 0.6 is 0 Å². The first-order valence-corrected chi connectivity index (χ1v) is 8.20. The Labute approximate surface area is 146 Å². The monoisotopic (exact) mass is 340 g/mol. The van der Waals surface area contributed by atoms with Gasteiger partial charge >= 0.3 is 0 Å². The number of aryl methyl sites for hydroxylation is 2. The minimum Gasteiger partial charge on any atom is -0.207 e. The number of hydrogen-bond acceptors (Lipinski definition) is 0. The van der Waals surface area contributed by atoms with Crippen molar-refractivity contribution in [3.63, 3.8) is 0 Å². The Kier molecular flexibility index (Phi) is 4.93. The molecule has 0 aliphatic carbocycles. The Balaban J connectivity index is 1.85. The van der Waals surface area contributed by atoms with Gasteiger partial charge in [-0.2, -0.15) is 0 Å². The highest BCUT2D eigenvalue weighted by Gasteiger charge is 2.13. The van der Waals surface area contributed by atoms with Gasteiger partial charge in [-0.3, -0.25) is 0 Å². The molecule has 128 valence electrons. The molecule has 3 heteroatoms. The zero-order valence-corrected chi connectivity index (χ0v) is 14.2. The number of halogens is 3. The van der Waals surface area contributed by atoms with Crippen molar-refractivity contribution in [1.29, 1.82) is 0 Å². The molecule has 0 bridgehead atoms. The molecule has 0 fully saturated rings. The van der Waals surface area contributed by atoms with Crippen LogP contribution in [0.2, 0.25) is 0 Å². The molecular weight excluding hydrogens is 321 g/mol. The molecule has 0 unspecified atom stereocenters. The fourth-order valence-electron chi connectivity index (χ4n) is 2.93. The largest absolute Gasteiger partial charge is 0.207 e. The average Bonchev–Trinajstić information content (AvgIpc) is 2.55. The summed E-state index contributed by atoms with van der Waals surface area (Å²) in [6, 6.07) is 14.5. The van der Waals surface area contributed by atoms with E-state index in [2.05, 4.69) is 0 Å². The van der Waals surface area contributed by atoms with E-state index in [4.69, 9.17) is 0 Å². The van der Waals surface area contributed by atoms with Gasteiger partial charge in [0, 0.05) is 12.0 Å². The Morgan fingerprint density at radius 3 is 1.96 bits per heavy atom. The van der Waals surface area contributed by atoms with Crippen LogP contribution < -0.4 is 0 Å². The first kappa shape index (κ1) is 17.3. The maximum Gasteiger partial charge on any atom is 0.129 e. The van der Waals surface area contributed by atoms with Crippen molar-refractivity contribution >= 4 is 0 Å². The van der Waals surface area contributed by atoms with Crippen LogP contribution in [-0.4, -0.2) is 0 Å². The normalized spacial score (nSPS) is 10.9. The maximum atomic E-state index is 14.4. The van der Waals surface area contributed by atoms with E-state index in [1.165, 1.54) is 35.9 Å². The van der Waals surface area contributed by atoms with Crippen molar-refractivity contribution in [3.8, 4) is 0 Å². The number of hydrogen-bond donors (Lipinski definition) is 0. The molecule has 25 heavy (non-hydrogen) atoms. The first-order chi connectivity index (χ1) is 11.9. The second-order valence-corrected chi connectivity index (χ2v) is 6.44. The second-order valence-electron chi connectivity index (χ2n) is 6.44. The number of rotatable bonds is 4. The lowest BCUT2D eigenvalue weighted by Gasteiger charge is -2.10. The van der Waals surface area contributed by atoms with Crippen LogP contribution in [0, 0.1) is 31.3 Å². The molecule has 0 aromatic heterocycles. The molecule has 0 nitrogen and oxygen atoms in total. The van der Waals surface area contributed by atoms with Gasteiger partial charge in [0.15, 0.2) is 0 Å². The Morgan fingerprint density at radius 1 is 0.640 bits per heavy atom. The average molecular weight is 340 g/mol. The van der Waals surface area contributed by atoms with E-state index in [-0.39, 0.29) is 12.0 Å². The van der Waals surface area contributed by atoms with Crippen molar-refractivity contribution in [3.05, 3.63) is 105 Å². The number of benzene rings is 3. The molecular formula is C22H19F3. The fraction of sp³-hybridized carbons (Fsp3) is 0.182. The quantitative estimate of drug-likeness (QED) is 0.554. The lowest BCUT2D eigenvalue weighted by Crippen LogP contribution is -2.01. The Bertz CT molecular complexity index is 890. The molecule has 3 aromatic rings. The smallest absolute Gasteiger partial charge is 0.129 e. The molecule has 3 aromatic carbocycles. The molecule has 0 aliphatic rings. The van der Waals surface area contributed by atoms with Crippen LogP contribution in [0.1, 0.15) is 33.4 Å². The van der Waals surface area contributed by atoms with Crippen molar-refractivity contribution < 1.29 is 13.2 Å². The van der Waals surface area contributed by atoms with Gasteiger partial charge < -0.3 is 0 Å². The molecule has 3 rings (SSSR count). The zero-order valence-electron chi connectivity index (χ0n) is 14.2. The highest BCUT2D eigenvalue weighted by molar-refractivity contribution is 5.36. The Morgan fingerprint density at radius 2 is 1.32 bits per heavy atom. The lowest BCUT2D eigenvalue weighted by molar-refractivity contribution is 0.558. The summed E-state index contributed by atoms with van der Waals surface area (Å²) in [4.78, 5) is 0. The molecule has 0 saturated heterocycles.